The highest BCUT2D eigenvalue weighted by atomic mass is 16.6. The lowest BCUT2D eigenvalue weighted by atomic mass is 10.1. The molecular formula is C32H24N4O8. The molecule has 4 aromatic carbocycles. The zero-order valence-corrected chi connectivity index (χ0v) is 23.1. The van der Waals surface area contributed by atoms with Crippen LogP contribution < -0.4 is 0 Å². The number of nitrogens with one attached hydrogen (secondary N) is 2. The molecule has 220 valence electrons. The first-order chi connectivity index (χ1) is 21.2. The summed E-state index contributed by atoms with van der Waals surface area (Å²) in [5, 5.41) is 32.6. The number of hydrogen-bond acceptors (Lipinski definition) is 7. The molecule has 2 heterocycles. The minimum atomic E-state index is -1.19. The lowest BCUT2D eigenvalue weighted by molar-refractivity contribution is -0.383. The van der Waals surface area contributed by atoms with E-state index in [9.17, 15) is 29.8 Å². The smallest absolute Gasteiger partial charge is 0.338 e. The van der Waals surface area contributed by atoms with Crippen molar-refractivity contribution in [2.24, 2.45) is 0 Å². The molecule has 3 N–H and O–H groups in total. The topological polar surface area (TPSA) is 181 Å². The summed E-state index contributed by atoms with van der Waals surface area (Å²) < 4.78 is 4.93. The summed E-state index contributed by atoms with van der Waals surface area (Å²) in [6.07, 6.45) is 0. The number of aromatic amines is 2. The summed E-state index contributed by atoms with van der Waals surface area (Å²) >= 11 is 0. The maximum atomic E-state index is 11.9. The second-order valence-corrected chi connectivity index (χ2v) is 9.56. The zero-order valence-electron chi connectivity index (χ0n) is 23.1. The van der Waals surface area contributed by atoms with Crippen molar-refractivity contribution in [1.82, 2.24) is 9.97 Å². The molecule has 0 bridgehead atoms. The van der Waals surface area contributed by atoms with Gasteiger partial charge in [-0.3, -0.25) is 20.2 Å². The molecule has 6 rings (SSSR count). The molecule has 44 heavy (non-hydrogen) atoms. The molecule has 0 spiro atoms. The number of carbonyl (C=O) groups is 2. The highest BCUT2D eigenvalue weighted by Gasteiger charge is 2.21. The van der Waals surface area contributed by atoms with Crippen LogP contribution in [0, 0.1) is 20.2 Å². The van der Waals surface area contributed by atoms with Gasteiger partial charge in [-0.1, -0.05) is 60.7 Å². The van der Waals surface area contributed by atoms with Crippen LogP contribution in [0.2, 0.25) is 0 Å². The lowest BCUT2D eigenvalue weighted by Crippen LogP contribution is -2.05. The third-order valence-corrected chi connectivity index (χ3v) is 6.74. The predicted octanol–water partition coefficient (Wildman–Crippen LogP) is 7.36. The fourth-order valence-corrected chi connectivity index (χ4v) is 4.74. The quantitative estimate of drug-likeness (QED) is 0.0976. The summed E-state index contributed by atoms with van der Waals surface area (Å²) in [6.45, 7) is 1.90. The van der Waals surface area contributed by atoms with Crippen LogP contribution in [0.15, 0.2) is 97.1 Å². The summed E-state index contributed by atoms with van der Waals surface area (Å²) in [5.41, 5.74) is 3.64. The van der Waals surface area contributed by atoms with E-state index in [-0.39, 0.29) is 29.1 Å². The van der Waals surface area contributed by atoms with Crippen molar-refractivity contribution in [3.05, 3.63) is 128 Å². The average molecular weight is 593 g/mol. The third kappa shape index (κ3) is 5.99. The molecule has 0 unspecified atom stereocenters. The summed E-state index contributed by atoms with van der Waals surface area (Å²) in [5.74, 6) is -1.76. The number of carbonyl (C=O) groups excluding carboxylic acids is 1. The van der Waals surface area contributed by atoms with Gasteiger partial charge in [-0.2, -0.15) is 0 Å². The Labute approximate surface area is 248 Å². The minimum absolute atomic E-state index is 0.104. The van der Waals surface area contributed by atoms with E-state index in [1.165, 1.54) is 12.1 Å². The van der Waals surface area contributed by atoms with Crippen LogP contribution in [0.4, 0.5) is 11.4 Å². The Morgan fingerprint density at radius 2 is 1.14 bits per heavy atom. The summed E-state index contributed by atoms with van der Waals surface area (Å²) in [4.78, 5) is 50.4. The van der Waals surface area contributed by atoms with Crippen molar-refractivity contribution in [2.75, 3.05) is 6.61 Å². The maximum Gasteiger partial charge on any atom is 0.338 e. The normalized spacial score (nSPS) is 10.7. The lowest BCUT2D eigenvalue weighted by Gasteiger charge is -2.02. The Kier molecular flexibility index (Phi) is 8.15. The maximum absolute atomic E-state index is 11.9. The number of nitro groups is 2. The Morgan fingerprint density at radius 3 is 1.55 bits per heavy atom. The molecular weight excluding hydrogens is 568 g/mol. The van der Waals surface area contributed by atoms with Gasteiger partial charge in [0.1, 0.15) is 11.0 Å². The largest absolute Gasteiger partial charge is 0.478 e. The van der Waals surface area contributed by atoms with E-state index < -0.39 is 21.8 Å². The number of nitro benzene ring substituents is 2. The molecule has 0 amide bonds. The summed E-state index contributed by atoms with van der Waals surface area (Å²) in [6, 6.07) is 27.6. The molecule has 12 nitrogen and oxygen atoms in total. The number of fused-ring (bicyclic) bond motifs is 2. The zero-order chi connectivity index (χ0) is 31.4. The number of nitrogens with zero attached hydrogens (tertiary/aromatic N) is 2. The first-order valence-corrected chi connectivity index (χ1v) is 13.3. The van der Waals surface area contributed by atoms with Crippen molar-refractivity contribution >= 4 is 45.1 Å². The van der Waals surface area contributed by atoms with Crippen LogP contribution in [0.5, 0.6) is 0 Å². The Hall–Kier alpha value is -6.30. The SMILES string of the molecule is CCOC(=O)c1cc([N+](=O)[O-])c2[nH]c(-c3ccccc3)cc2c1.O=C(O)c1cc([N+](=O)[O-])c2[nH]c(-c3ccccc3)cc2c1. The predicted molar refractivity (Wildman–Crippen MR) is 164 cm³/mol. The number of aromatic carboxylic acids is 1. The van der Waals surface area contributed by atoms with Crippen LogP contribution in [-0.4, -0.2) is 43.5 Å². The van der Waals surface area contributed by atoms with E-state index in [2.05, 4.69) is 9.97 Å². The molecule has 0 fully saturated rings. The third-order valence-electron chi connectivity index (χ3n) is 6.74. The van der Waals surface area contributed by atoms with E-state index in [0.29, 0.717) is 27.5 Å². The first-order valence-electron chi connectivity index (χ1n) is 13.3. The monoisotopic (exact) mass is 592 g/mol. The van der Waals surface area contributed by atoms with Gasteiger partial charge in [-0.05, 0) is 42.3 Å². The average Bonchev–Trinajstić information content (AvgIpc) is 3.66. The number of rotatable bonds is 7. The van der Waals surface area contributed by atoms with Gasteiger partial charge in [0.25, 0.3) is 11.4 Å². The molecule has 12 heteroatoms. The Balaban J connectivity index is 0.000000175. The molecule has 0 atom stereocenters. The number of esters is 1. The standard InChI is InChI=1S/C17H14N2O4.C15H10N2O4/c1-2-23-17(20)13-8-12-9-14(11-6-4-3-5-7-11)18-16(12)15(10-13)19(21)22;18-15(19)11-6-10-7-12(9-4-2-1-3-5-9)16-14(10)13(8-11)17(20)21/h3-10,18H,2H2,1H3;1-8,16H,(H,18,19). The van der Waals surface area contributed by atoms with E-state index >= 15 is 0 Å². The molecule has 0 aliphatic heterocycles. The number of aromatic nitrogens is 2. The molecule has 6 aromatic rings. The number of ether oxygens (including phenoxy) is 1. The van der Waals surface area contributed by atoms with Crippen LogP contribution in [0.3, 0.4) is 0 Å². The van der Waals surface area contributed by atoms with Gasteiger partial charge >= 0.3 is 11.9 Å². The van der Waals surface area contributed by atoms with Crippen LogP contribution in [-0.2, 0) is 4.74 Å². The van der Waals surface area contributed by atoms with E-state index in [1.807, 2.05) is 60.7 Å². The van der Waals surface area contributed by atoms with Crippen molar-refractivity contribution in [3.8, 4) is 22.5 Å². The highest BCUT2D eigenvalue weighted by Crippen LogP contribution is 2.33. The fourth-order valence-electron chi connectivity index (χ4n) is 4.74. The minimum Gasteiger partial charge on any atom is -0.478 e. The Bertz CT molecular complexity index is 2030. The van der Waals surface area contributed by atoms with Gasteiger partial charge in [0, 0.05) is 34.3 Å². The first kappa shape index (κ1) is 29.2. The second kappa shape index (κ2) is 12.3. The van der Waals surface area contributed by atoms with Gasteiger partial charge in [0.15, 0.2) is 0 Å². The highest BCUT2D eigenvalue weighted by molar-refractivity contribution is 6.01. The molecule has 0 radical (unpaired) electrons. The molecule has 0 aliphatic rings. The van der Waals surface area contributed by atoms with Gasteiger partial charge in [0.05, 0.1) is 27.6 Å². The number of non-ortho nitro benzene ring substituents is 2. The van der Waals surface area contributed by atoms with Crippen molar-refractivity contribution in [1.29, 1.82) is 0 Å². The molecule has 2 aromatic heterocycles. The number of hydrogen-bond donors (Lipinski definition) is 3. The molecule has 0 aliphatic carbocycles. The van der Waals surface area contributed by atoms with E-state index in [1.54, 1.807) is 25.1 Å². The van der Waals surface area contributed by atoms with Crippen LogP contribution in [0.1, 0.15) is 27.6 Å². The van der Waals surface area contributed by atoms with Gasteiger partial charge in [-0.15, -0.1) is 0 Å². The van der Waals surface area contributed by atoms with Gasteiger partial charge in [0.2, 0.25) is 0 Å². The van der Waals surface area contributed by atoms with E-state index in [4.69, 9.17) is 9.84 Å². The number of benzene rings is 4. The number of carboxylic acids is 1. The van der Waals surface area contributed by atoms with Gasteiger partial charge < -0.3 is 19.8 Å². The van der Waals surface area contributed by atoms with Crippen LogP contribution >= 0.6 is 0 Å². The number of carboxylic acid groups (broad SMARTS) is 1. The molecule has 0 saturated carbocycles. The van der Waals surface area contributed by atoms with E-state index in [0.717, 1.165) is 22.9 Å². The van der Waals surface area contributed by atoms with Crippen molar-refractivity contribution in [3.63, 3.8) is 0 Å². The summed E-state index contributed by atoms with van der Waals surface area (Å²) in [7, 11) is 0. The molecule has 0 saturated heterocycles. The number of H-pyrrole nitrogens is 2. The second-order valence-electron chi connectivity index (χ2n) is 9.56. The van der Waals surface area contributed by atoms with Crippen LogP contribution in [0.25, 0.3) is 44.3 Å². The van der Waals surface area contributed by atoms with Crippen molar-refractivity contribution < 1.29 is 29.3 Å². The van der Waals surface area contributed by atoms with Gasteiger partial charge in [-0.25, -0.2) is 9.59 Å². The Morgan fingerprint density at radius 1 is 0.705 bits per heavy atom. The fraction of sp³-hybridized carbons (Fsp3) is 0.0625. The van der Waals surface area contributed by atoms with Crippen molar-refractivity contribution in [2.45, 2.75) is 6.92 Å².